The molecule has 3 aromatic heterocycles. The summed E-state index contributed by atoms with van der Waals surface area (Å²) in [6.07, 6.45) is 4.45. The Morgan fingerprint density at radius 1 is 1.16 bits per heavy atom. The lowest BCUT2D eigenvalue weighted by molar-refractivity contribution is -0.111. The van der Waals surface area contributed by atoms with E-state index in [4.69, 9.17) is 4.74 Å². The van der Waals surface area contributed by atoms with Crippen LogP contribution in [-0.4, -0.2) is 46.0 Å². The molecule has 4 N–H and O–H groups in total. The zero-order valence-electron chi connectivity index (χ0n) is 17.6. The van der Waals surface area contributed by atoms with Crippen LogP contribution < -0.4 is 20.7 Å². The maximum absolute atomic E-state index is 11.5. The topological polar surface area (TPSA) is 117 Å². The molecule has 162 valence electrons. The monoisotopic (exact) mass is 429 g/mol. The van der Waals surface area contributed by atoms with Crippen LogP contribution in [0.15, 0.2) is 67.6 Å². The van der Waals surface area contributed by atoms with Crippen molar-refractivity contribution in [1.29, 1.82) is 0 Å². The molecule has 0 spiro atoms. The van der Waals surface area contributed by atoms with E-state index in [-0.39, 0.29) is 5.91 Å². The minimum Gasteiger partial charge on any atom is -0.438 e. The summed E-state index contributed by atoms with van der Waals surface area (Å²) in [5.74, 6) is 1.46. The van der Waals surface area contributed by atoms with Crippen LogP contribution in [0.5, 0.6) is 11.6 Å². The van der Waals surface area contributed by atoms with E-state index in [1.54, 1.807) is 30.5 Å². The van der Waals surface area contributed by atoms with Gasteiger partial charge in [0.1, 0.15) is 23.5 Å². The Kier molecular flexibility index (Phi) is 6.38. The quantitative estimate of drug-likeness (QED) is 0.237. The predicted octanol–water partition coefficient (Wildman–Crippen LogP) is 3.57. The van der Waals surface area contributed by atoms with Gasteiger partial charge in [-0.1, -0.05) is 12.6 Å². The number of H-pyrrole nitrogens is 1. The fourth-order valence-electron chi connectivity index (χ4n) is 3.07. The second kappa shape index (κ2) is 9.71. The normalized spacial score (nSPS) is 10.7. The largest absolute Gasteiger partial charge is 0.438 e. The number of nitrogens with zero attached hydrogens (tertiary/aromatic N) is 3. The van der Waals surface area contributed by atoms with Crippen LogP contribution in [0.2, 0.25) is 0 Å². The molecule has 0 radical (unpaired) electrons. The number of ether oxygens (including phenoxy) is 1. The highest BCUT2D eigenvalue weighted by atomic mass is 16.5. The molecule has 1 amide bonds. The number of pyridine rings is 1. The number of aromatic nitrogens is 4. The smallest absolute Gasteiger partial charge is 0.247 e. The molecule has 0 fully saturated rings. The molecule has 4 aromatic rings. The van der Waals surface area contributed by atoms with Crippen molar-refractivity contribution in [3.63, 3.8) is 0 Å². The van der Waals surface area contributed by atoms with Gasteiger partial charge in [-0.2, -0.15) is 0 Å². The molecule has 0 bridgehead atoms. The summed E-state index contributed by atoms with van der Waals surface area (Å²) in [6, 6.07) is 12.9. The zero-order valence-corrected chi connectivity index (χ0v) is 17.6. The van der Waals surface area contributed by atoms with Crippen LogP contribution in [0.3, 0.4) is 0 Å². The van der Waals surface area contributed by atoms with Gasteiger partial charge < -0.3 is 25.7 Å². The van der Waals surface area contributed by atoms with Gasteiger partial charge in [0.2, 0.25) is 11.8 Å². The number of hydrogen-bond acceptors (Lipinski definition) is 7. The molecular formula is C23H23N7O2. The first kappa shape index (κ1) is 21.0. The Labute approximate surface area is 185 Å². The lowest BCUT2D eigenvalue weighted by Gasteiger charge is -2.07. The molecular weight excluding hydrogens is 406 g/mol. The summed E-state index contributed by atoms with van der Waals surface area (Å²) in [4.78, 5) is 27.9. The number of nitrogens with one attached hydrogen (secondary N) is 4. The Morgan fingerprint density at radius 3 is 2.84 bits per heavy atom. The van der Waals surface area contributed by atoms with Crippen molar-refractivity contribution in [2.24, 2.45) is 0 Å². The van der Waals surface area contributed by atoms with Gasteiger partial charge in [-0.15, -0.1) is 0 Å². The van der Waals surface area contributed by atoms with Crippen LogP contribution in [0.4, 0.5) is 11.5 Å². The van der Waals surface area contributed by atoms with Crippen LogP contribution in [0.1, 0.15) is 0 Å². The number of carbonyl (C=O) groups excluding carboxylic acids is 1. The molecule has 3 heterocycles. The highest BCUT2D eigenvalue weighted by Crippen LogP contribution is 2.31. The van der Waals surface area contributed by atoms with Crippen molar-refractivity contribution in [2.75, 3.05) is 30.8 Å². The predicted molar refractivity (Wildman–Crippen MR) is 125 cm³/mol. The number of carbonyl (C=O) groups is 1. The number of amides is 1. The molecule has 0 saturated heterocycles. The van der Waals surface area contributed by atoms with Gasteiger partial charge in [-0.05, 0) is 43.5 Å². The average Bonchev–Trinajstić information content (AvgIpc) is 3.25. The second-order valence-electron chi connectivity index (χ2n) is 6.91. The van der Waals surface area contributed by atoms with E-state index in [0.29, 0.717) is 23.0 Å². The van der Waals surface area contributed by atoms with E-state index in [1.165, 1.54) is 12.4 Å². The average molecular weight is 429 g/mol. The van der Waals surface area contributed by atoms with Crippen molar-refractivity contribution >= 4 is 28.4 Å². The fourth-order valence-corrected chi connectivity index (χ4v) is 3.07. The van der Waals surface area contributed by atoms with Crippen molar-refractivity contribution < 1.29 is 9.53 Å². The minimum absolute atomic E-state index is 0.293. The molecule has 0 unspecified atom stereocenters. The van der Waals surface area contributed by atoms with E-state index in [9.17, 15) is 4.79 Å². The molecule has 0 aliphatic carbocycles. The van der Waals surface area contributed by atoms with E-state index in [2.05, 4.69) is 42.5 Å². The summed E-state index contributed by atoms with van der Waals surface area (Å²) in [5, 5.41) is 9.78. The molecule has 0 aliphatic heterocycles. The standard InChI is InChI=1S/C23H23N7O2/c1-3-21(31)29-16-5-4-6-17(11-16)32-23-18-12-19(30-22(18)27-14-28-23)15-7-8-20(26-13-15)25-10-9-24-2/h3-8,11-14,24H,1,9-10H2,2H3,(H,25,26)(H,29,31)(H,27,28,30). The van der Waals surface area contributed by atoms with Crippen LogP contribution in [-0.2, 0) is 4.79 Å². The summed E-state index contributed by atoms with van der Waals surface area (Å²) in [6.45, 7) is 5.11. The molecule has 4 rings (SSSR count). The molecule has 32 heavy (non-hydrogen) atoms. The van der Waals surface area contributed by atoms with Gasteiger partial charge in [0.05, 0.1) is 5.39 Å². The number of fused-ring (bicyclic) bond motifs is 1. The lowest BCUT2D eigenvalue weighted by Crippen LogP contribution is -2.18. The number of likely N-dealkylation sites (N-methyl/N-ethyl adjacent to an activating group) is 1. The van der Waals surface area contributed by atoms with Gasteiger partial charge >= 0.3 is 0 Å². The number of rotatable bonds is 9. The summed E-state index contributed by atoms with van der Waals surface area (Å²) >= 11 is 0. The maximum atomic E-state index is 11.5. The fraction of sp³-hybridized carbons (Fsp3) is 0.130. The van der Waals surface area contributed by atoms with Gasteiger partial charge in [0.15, 0.2) is 0 Å². The highest BCUT2D eigenvalue weighted by molar-refractivity contribution is 5.99. The van der Waals surface area contributed by atoms with E-state index in [1.807, 2.05) is 25.2 Å². The number of anilines is 2. The molecule has 9 heteroatoms. The third-order valence-corrected chi connectivity index (χ3v) is 4.65. The van der Waals surface area contributed by atoms with E-state index in [0.717, 1.165) is 35.6 Å². The second-order valence-corrected chi connectivity index (χ2v) is 6.91. The third-order valence-electron chi connectivity index (χ3n) is 4.65. The van der Waals surface area contributed by atoms with Crippen molar-refractivity contribution in [2.45, 2.75) is 0 Å². The van der Waals surface area contributed by atoms with Crippen LogP contribution in [0.25, 0.3) is 22.3 Å². The van der Waals surface area contributed by atoms with Gasteiger partial charge in [0, 0.05) is 42.3 Å². The molecule has 0 atom stereocenters. The Hall–Kier alpha value is -4.24. The molecule has 9 nitrogen and oxygen atoms in total. The van der Waals surface area contributed by atoms with Gasteiger partial charge in [0.25, 0.3) is 0 Å². The van der Waals surface area contributed by atoms with Gasteiger partial charge in [-0.25, -0.2) is 15.0 Å². The molecule has 0 aliphatic rings. The summed E-state index contributed by atoms with van der Waals surface area (Å²) < 4.78 is 5.99. The first-order valence-electron chi connectivity index (χ1n) is 10.1. The van der Waals surface area contributed by atoms with Gasteiger partial charge in [-0.3, -0.25) is 4.79 Å². The first-order valence-corrected chi connectivity index (χ1v) is 10.1. The summed E-state index contributed by atoms with van der Waals surface area (Å²) in [7, 11) is 1.91. The molecule has 1 aromatic carbocycles. The van der Waals surface area contributed by atoms with Crippen molar-refractivity contribution in [3.05, 3.63) is 67.6 Å². The Morgan fingerprint density at radius 2 is 2.06 bits per heavy atom. The maximum Gasteiger partial charge on any atom is 0.247 e. The van der Waals surface area contributed by atoms with Crippen molar-refractivity contribution in [3.8, 4) is 22.9 Å². The Bertz CT molecular complexity index is 1230. The van der Waals surface area contributed by atoms with E-state index < -0.39 is 0 Å². The Balaban J connectivity index is 1.56. The third kappa shape index (κ3) is 4.90. The minimum atomic E-state index is -0.293. The SMILES string of the molecule is C=CC(=O)Nc1cccc(Oc2ncnc3[nH]c(-c4ccc(NCCNC)nc4)cc23)c1. The summed E-state index contributed by atoms with van der Waals surface area (Å²) in [5.41, 5.74) is 3.02. The van der Waals surface area contributed by atoms with Crippen LogP contribution in [0, 0.1) is 0 Å². The molecule has 0 saturated carbocycles. The number of benzene rings is 1. The zero-order chi connectivity index (χ0) is 22.3. The first-order chi connectivity index (χ1) is 15.7. The lowest BCUT2D eigenvalue weighted by atomic mass is 10.2. The van der Waals surface area contributed by atoms with Crippen LogP contribution >= 0.6 is 0 Å². The van der Waals surface area contributed by atoms with Crippen molar-refractivity contribution in [1.82, 2.24) is 25.3 Å². The van der Waals surface area contributed by atoms with E-state index >= 15 is 0 Å². The number of hydrogen-bond donors (Lipinski definition) is 4. The number of aromatic amines is 1. The highest BCUT2D eigenvalue weighted by Gasteiger charge is 2.12.